The lowest BCUT2D eigenvalue weighted by Gasteiger charge is -2.13. The van der Waals surface area contributed by atoms with Crippen molar-refractivity contribution in [3.63, 3.8) is 0 Å². The molecule has 144 valence electrons. The fourth-order valence-corrected chi connectivity index (χ4v) is 3.86. The van der Waals surface area contributed by atoms with Crippen LogP contribution < -0.4 is 9.47 Å². The summed E-state index contributed by atoms with van der Waals surface area (Å²) in [6, 6.07) is 27.3. The number of benzene rings is 4. The van der Waals surface area contributed by atoms with Crippen LogP contribution in [0.4, 0.5) is 0 Å². The number of fused-ring (bicyclic) bond motifs is 2. The van der Waals surface area contributed by atoms with E-state index >= 15 is 0 Å². The molecule has 0 spiro atoms. The van der Waals surface area contributed by atoms with Gasteiger partial charge in [0, 0.05) is 21.9 Å². The molecular weight excluding hydrogens is 372 g/mol. The number of allylic oxidation sites excluding steroid dienone is 2. The highest BCUT2D eigenvalue weighted by molar-refractivity contribution is 6.13. The highest BCUT2D eigenvalue weighted by Crippen LogP contribution is 2.37. The summed E-state index contributed by atoms with van der Waals surface area (Å²) in [5, 5.41) is 23.7. The van der Waals surface area contributed by atoms with Crippen LogP contribution in [0.15, 0.2) is 72.8 Å². The minimum Gasteiger partial charge on any atom is -0.496 e. The van der Waals surface area contributed by atoms with E-state index in [-0.39, 0.29) is 0 Å². The van der Waals surface area contributed by atoms with Gasteiger partial charge in [0.2, 0.25) is 0 Å². The molecule has 0 aromatic heterocycles. The number of nitriles is 2. The topological polar surface area (TPSA) is 66.0 Å². The first-order chi connectivity index (χ1) is 14.7. The summed E-state index contributed by atoms with van der Waals surface area (Å²) in [7, 11) is 3.24. The molecule has 0 radical (unpaired) electrons. The van der Waals surface area contributed by atoms with Crippen LogP contribution in [0.5, 0.6) is 11.5 Å². The van der Waals surface area contributed by atoms with Crippen LogP contribution in [0.25, 0.3) is 32.7 Å². The second-order valence-corrected chi connectivity index (χ2v) is 6.70. The van der Waals surface area contributed by atoms with E-state index in [4.69, 9.17) is 9.47 Å². The van der Waals surface area contributed by atoms with Crippen molar-refractivity contribution in [3.8, 4) is 23.6 Å². The van der Waals surface area contributed by atoms with Crippen LogP contribution in [0, 0.1) is 22.7 Å². The fourth-order valence-electron chi connectivity index (χ4n) is 3.86. The molecule has 0 N–H and O–H groups in total. The summed E-state index contributed by atoms with van der Waals surface area (Å²) >= 11 is 0. The molecule has 0 saturated carbocycles. The maximum Gasteiger partial charge on any atom is 0.126 e. The van der Waals surface area contributed by atoms with Crippen LogP contribution in [-0.2, 0) is 0 Å². The van der Waals surface area contributed by atoms with Crippen LogP contribution in [0.2, 0.25) is 0 Å². The van der Waals surface area contributed by atoms with Crippen LogP contribution in [-0.4, -0.2) is 14.2 Å². The fraction of sp³-hybridized carbons (Fsp3) is 0.0769. The number of nitrogens with zero attached hydrogens (tertiary/aromatic N) is 2. The van der Waals surface area contributed by atoms with Crippen molar-refractivity contribution in [3.05, 3.63) is 83.9 Å². The second kappa shape index (κ2) is 7.99. The Kier molecular flexibility index (Phi) is 5.08. The van der Waals surface area contributed by atoms with Gasteiger partial charge in [0.15, 0.2) is 0 Å². The first-order valence-electron chi connectivity index (χ1n) is 9.40. The third kappa shape index (κ3) is 3.02. The van der Waals surface area contributed by atoms with Gasteiger partial charge in [-0.05, 0) is 22.9 Å². The average molecular weight is 390 g/mol. The number of hydrogen-bond donors (Lipinski definition) is 0. The monoisotopic (exact) mass is 390 g/mol. The zero-order valence-corrected chi connectivity index (χ0v) is 16.6. The number of ether oxygens (including phenoxy) is 2. The van der Waals surface area contributed by atoms with Crippen LogP contribution in [0.3, 0.4) is 0 Å². The smallest absolute Gasteiger partial charge is 0.126 e. The van der Waals surface area contributed by atoms with Crippen molar-refractivity contribution in [2.75, 3.05) is 14.2 Å². The number of rotatable bonds is 4. The lowest BCUT2D eigenvalue weighted by Crippen LogP contribution is -1.94. The Bertz CT molecular complexity index is 1280. The molecule has 0 heterocycles. The minimum atomic E-state index is 0.326. The normalized spacial score (nSPS) is 11.5. The zero-order valence-electron chi connectivity index (χ0n) is 16.6. The highest BCUT2D eigenvalue weighted by atomic mass is 16.5. The summed E-state index contributed by atoms with van der Waals surface area (Å²) in [5.74, 6) is 1.44. The predicted octanol–water partition coefficient (Wildman–Crippen LogP) is 5.97. The van der Waals surface area contributed by atoms with Crippen molar-refractivity contribution < 1.29 is 9.47 Å². The first kappa shape index (κ1) is 19.1. The molecule has 4 aromatic carbocycles. The average Bonchev–Trinajstić information content (AvgIpc) is 2.81. The first-order valence-corrected chi connectivity index (χ1v) is 9.40. The SMILES string of the molecule is COc1cccc2c(/C(C#N)=C(\C#N)c3cccc4c(OC)cccc34)cccc12. The van der Waals surface area contributed by atoms with Gasteiger partial charge in [0.1, 0.15) is 23.6 Å². The molecule has 0 aliphatic carbocycles. The van der Waals surface area contributed by atoms with Gasteiger partial charge in [0.05, 0.1) is 25.4 Å². The van der Waals surface area contributed by atoms with Gasteiger partial charge in [-0.2, -0.15) is 10.5 Å². The van der Waals surface area contributed by atoms with Gasteiger partial charge < -0.3 is 9.47 Å². The number of hydrogen-bond acceptors (Lipinski definition) is 4. The Balaban J connectivity index is 2.07. The Morgan fingerprint density at radius 3 is 1.30 bits per heavy atom. The standard InChI is InChI=1S/C26H18N2O2/c1-29-25-13-5-9-17-19(7-3-11-21(17)25)23(15-27)24(16-28)20-8-4-12-22-18(20)10-6-14-26(22)30-2/h3-14H,1-2H3/b24-23+. The van der Waals surface area contributed by atoms with Crippen molar-refractivity contribution in [1.29, 1.82) is 10.5 Å². The maximum atomic E-state index is 10.1. The summed E-state index contributed by atoms with van der Waals surface area (Å²) in [5.41, 5.74) is 2.05. The van der Waals surface area contributed by atoms with E-state index < -0.39 is 0 Å². The Hall–Kier alpha value is -4.28. The van der Waals surface area contributed by atoms with E-state index in [0.29, 0.717) is 22.3 Å². The van der Waals surface area contributed by atoms with Crippen molar-refractivity contribution in [1.82, 2.24) is 0 Å². The molecule has 0 bridgehead atoms. The molecule has 4 nitrogen and oxygen atoms in total. The van der Waals surface area contributed by atoms with Gasteiger partial charge in [0.25, 0.3) is 0 Å². The second-order valence-electron chi connectivity index (χ2n) is 6.70. The maximum absolute atomic E-state index is 10.1. The lowest BCUT2D eigenvalue weighted by atomic mass is 9.90. The molecule has 4 rings (SSSR count). The van der Waals surface area contributed by atoms with Crippen LogP contribution in [0.1, 0.15) is 11.1 Å². The number of methoxy groups -OCH3 is 2. The predicted molar refractivity (Wildman–Crippen MR) is 119 cm³/mol. The summed E-state index contributed by atoms with van der Waals surface area (Å²) < 4.78 is 10.9. The third-order valence-electron chi connectivity index (χ3n) is 5.22. The molecule has 0 unspecified atom stereocenters. The van der Waals surface area contributed by atoms with Crippen molar-refractivity contribution in [2.45, 2.75) is 0 Å². The molecule has 0 aliphatic heterocycles. The molecule has 0 saturated heterocycles. The molecule has 4 heteroatoms. The van der Waals surface area contributed by atoms with Gasteiger partial charge in [-0.1, -0.05) is 60.7 Å². The molecule has 0 amide bonds. The minimum absolute atomic E-state index is 0.326. The molecule has 30 heavy (non-hydrogen) atoms. The Morgan fingerprint density at radius 2 is 0.933 bits per heavy atom. The quantitative estimate of drug-likeness (QED) is 0.318. The van der Waals surface area contributed by atoms with E-state index in [0.717, 1.165) is 33.0 Å². The highest BCUT2D eigenvalue weighted by Gasteiger charge is 2.17. The lowest BCUT2D eigenvalue weighted by molar-refractivity contribution is 0.419. The molecular formula is C26H18N2O2. The van der Waals surface area contributed by atoms with Crippen molar-refractivity contribution in [2.24, 2.45) is 0 Å². The van der Waals surface area contributed by atoms with Crippen molar-refractivity contribution >= 4 is 32.7 Å². The van der Waals surface area contributed by atoms with Gasteiger partial charge in [-0.3, -0.25) is 0 Å². The molecule has 0 aliphatic rings. The zero-order chi connectivity index (χ0) is 21.1. The van der Waals surface area contributed by atoms with Gasteiger partial charge in [-0.15, -0.1) is 0 Å². The Labute approximate surface area is 174 Å². The Morgan fingerprint density at radius 1 is 0.567 bits per heavy atom. The van der Waals surface area contributed by atoms with E-state index in [1.807, 2.05) is 72.8 Å². The molecule has 0 atom stereocenters. The largest absolute Gasteiger partial charge is 0.496 e. The third-order valence-corrected chi connectivity index (χ3v) is 5.22. The molecule has 0 fully saturated rings. The molecule has 4 aromatic rings. The van der Waals surface area contributed by atoms with Crippen LogP contribution >= 0.6 is 0 Å². The van der Waals surface area contributed by atoms with E-state index in [1.54, 1.807) is 14.2 Å². The summed E-state index contributed by atoms with van der Waals surface area (Å²) in [4.78, 5) is 0. The summed E-state index contributed by atoms with van der Waals surface area (Å²) in [6.45, 7) is 0. The van der Waals surface area contributed by atoms with Gasteiger partial charge >= 0.3 is 0 Å². The van der Waals surface area contributed by atoms with E-state index in [2.05, 4.69) is 12.1 Å². The van der Waals surface area contributed by atoms with E-state index in [1.165, 1.54) is 0 Å². The van der Waals surface area contributed by atoms with Gasteiger partial charge in [-0.25, -0.2) is 0 Å². The summed E-state index contributed by atoms with van der Waals surface area (Å²) in [6.07, 6.45) is 0. The van der Waals surface area contributed by atoms with E-state index in [9.17, 15) is 10.5 Å².